The molecule has 2 N–H and O–H groups in total. The highest BCUT2D eigenvalue weighted by atomic mass is 16.3. The molecule has 2 heteroatoms. The van der Waals surface area contributed by atoms with Crippen molar-refractivity contribution in [3.05, 3.63) is 0 Å². The first-order valence-corrected chi connectivity index (χ1v) is 4.10. The van der Waals surface area contributed by atoms with Crippen molar-refractivity contribution in [1.82, 2.24) is 0 Å². The van der Waals surface area contributed by atoms with E-state index in [2.05, 4.69) is 0 Å². The highest BCUT2D eigenvalue weighted by Gasteiger charge is 2.07. The number of hydrogen-bond acceptors (Lipinski definition) is 2. The van der Waals surface area contributed by atoms with Crippen LogP contribution in [0.1, 0.15) is 39.0 Å². The molecule has 0 heterocycles. The van der Waals surface area contributed by atoms with Crippen LogP contribution >= 0.6 is 0 Å². The number of aliphatic hydroxyl groups excluding tert-OH is 2. The SMILES string of the molecule is CCO.OC1CCCCC1. The van der Waals surface area contributed by atoms with Gasteiger partial charge in [0.05, 0.1) is 6.10 Å². The molecule has 0 amide bonds. The van der Waals surface area contributed by atoms with Crippen LogP contribution in [0.15, 0.2) is 0 Å². The Bertz CT molecular complexity index is 58.3. The molecule has 0 aromatic rings. The maximum Gasteiger partial charge on any atom is 0.0540 e. The van der Waals surface area contributed by atoms with Crippen molar-refractivity contribution in [2.45, 2.75) is 45.1 Å². The highest BCUT2D eigenvalue weighted by molar-refractivity contribution is 4.61. The molecule has 10 heavy (non-hydrogen) atoms. The summed E-state index contributed by atoms with van der Waals surface area (Å²) in [5.41, 5.74) is 0. The lowest BCUT2D eigenvalue weighted by Crippen LogP contribution is -2.09. The van der Waals surface area contributed by atoms with Crippen LogP contribution < -0.4 is 0 Å². The van der Waals surface area contributed by atoms with Gasteiger partial charge in [-0.15, -0.1) is 0 Å². The zero-order valence-corrected chi connectivity index (χ0v) is 6.71. The fraction of sp³-hybridized carbons (Fsp3) is 1.00. The molecule has 1 aliphatic rings. The van der Waals surface area contributed by atoms with E-state index in [1.54, 1.807) is 6.92 Å². The Balaban J connectivity index is 0.000000236. The average Bonchev–Trinajstić information content (AvgIpc) is 1.91. The lowest BCUT2D eigenvalue weighted by molar-refractivity contribution is 0.130. The van der Waals surface area contributed by atoms with Crippen LogP contribution in [0.2, 0.25) is 0 Å². The molecule has 2 nitrogen and oxygen atoms in total. The molecule has 0 bridgehead atoms. The maximum absolute atomic E-state index is 8.91. The van der Waals surface area contributed by atoms with E-state index in [-0.39, 0.29) is 12.7 Å². The van der Waals surface area contributed by atoms with Crippen molar-refractivity contribution in [2.24, 2.45) is 0 Å². The molecular formula is C8H18O2. The molecule has 1 fully saturated rings. The summed E-state index contributed by atoms with van der Waals surface area (Å²) in [5, 5.41) is 16.5. The summed E-state index contributed by atoms with van der Waals surface area (Å²) in [6, 6.07) is 0. The lowest BCUT2D eigenvalue weighted by atomic mass is 9.98. The predicted molar refractivity (Wildman–Crippen MR) is 41.9 cm³/mol. The van der Waals surface area contributed by atoms with Gasteiger partial charge in [0, 0.05) is 6.61 Å². The third kappa shape index (κ3) is 6.05. The summed E-state index contributed by atoms with van der Waals surface area (Å²) in [6.45, 7) is 1.93. The second-order valence-electron chi connectivity index (χ2n) is 2.61. The second kappa shape index (κ2) is 7.03. The molecule has 62 valence electrons. The van der Waals surface area contributed by atoms with E-state index >= 15 is 0 Å². The van der Waals surface area contributed by atoms with E-state index in [0.717, 1.165) is 12.8 Å². The molecule has 0 aromatic heterocycles. The van der Waals surface area contributed by atoms with Gasteiger partial charge >= 0.3 is 0 Å². The fourth-order valence-corrected chi connectivity index (χ4v) is 1.08. The molecule has 0 unspecified atom stereocenters. The zero-order valence-electron chi connectivity index (χ0n) is 6.71. The van der Waals surface area contributed by atoms with Crippen LogP contribution in [0, 0.1) is 0 Å². The van der Waals surface area contributed by atoms with Crippen LogP contribution in [0.5, 0.6) is 0 Å². The molecule has 1 aliphatic carbocycles. The first-order chi connectivity index (χ1) is 4.81. The van der Waals surface area contributed by atoms with Gasteiger partial charge < -0.3 is 10.2 Å². The van der Waals surface area contributed by atoms with E-state index in [0.29, 0.717) is 0 Å². The monoisotopic (exact) mass is 146 g/mol. The van der Waals surface area contributed by atoms with Crippen molar-refractivity contribution in [3.8, 4) is 0 Å². The van der Waals surface area contributed by atoms with Gasteiger partial charge in [-0.25, -0.2) is 0 Å². The third-order valence-electron chi connectivity index (χ3n) is 1.57. The van der Waals surface area contributed by atoms with Crippen LogP contribution in [-0.4, -0.2) is 22.9 Å². The standard InChI is InChI=1S/C6H12O.C2H6O/c7-6-4-2-1-3-5-6;1-2-3/h6-7H,1-5H2;3H,2H2,1H3. The van der Waals surface area contributed by atoms with Crippen LogP contribution in [0.3, 0.4) is 0 Å². The topological polar surface area (TPSA) is 40.5 Å². The van der Waals surface area contributed by atoms with Gasteiger partial charge in [-0.2, -0.15) is 0 Å². The summed E-state index contributed by atoms with van der Waals surface area (Å²) in [4.78, 5) is 0. The van der Waals surface area contributed by atoms with E-state index in [9.17, 15) is 0 Å². The Morgan fingerprint density at radius 2 is 1.60 bits per heavy atom. The van der Waals surface area contributed by atoms with Gasteiger partial charge in [0.25, 0.3) is 0 Å². The minimum atomic E-state index is 0.0359. The molecule has 0 aliphatic heterocycles. The Labute approximate surface area is 62.9 Å². The summed E-state index contributed by atoms with van der Waals surface area (Å²) in [7, 11) is 0. The van der Waals surface area contributed by atoms with Crippen molar-refractivity contribution in [2.75, 3.05) is 6.61 Å². The number of aliphatic hydroxyl groups is 2. The molecule has 0 radical (unpaired) electrons. The Morgan fingerprint density at radius 1 is 1.20 bits per heavy atom. The van der Waals surface area contributed by atoms with Gasteiger partial charge in [-0.3, -0.25) is 0 Å². The largest absolute Gasteiger partial charge is 0.397 e. The van der Waals surface area contributed by atoms with Gasteiger partial charge in [-0.1, -0.05) is 19.3 Å². The van der Waals surface area contributed by atoms with Crippen molar-refractivity contribution in [3.63, 3.8) is 0 Å². The average molecular weight is 146 g/mol. The first kappa shape index (κ1) is 9.92. The van der Waals surface area contributed by atoms with Crippen LogP contribution in [-0.2, 0) is 0 Å². The first-order valence-electron chi connectivity index (χ1n) is 4.10. The quantitative estimate of drug-likeness (QED) is 0.541. The summed E-state index contributed by atoms with van der Waals surface area (Å²) in [6.07, 6.45) is 5.92. The summed E-state index contributed by atoms with van der Waals surface area (Å²) >= 11 is 0. The molecule has 0 atom stereocenters. The lowest BCUT2D eigenvalue weighted by Gasteiger charge is -2.14. The van der Waals surface area contributed by atoms with E-state index < -0.39 is 0 Å². The number of hydrogen-bond donors (Lipinski definition) is 2. The smallest absolute Gasteiger partial charge is 0.0540 e. The molecule has 0 spiro atoms. The van der Waals surface area contributed by atoms with E-state index in [1.807, 2.05) is 0 Å². The van der Waals surface area contributed by atoms with Crippen molar-refractivity contribution in [1.29, 1.82) is 0 Å². The Kier molecular flexibility index (Phi) is 6.98. The second-order valence-corrected chi connectivity index (χ2v) is 2.61. The zero-order chi connectivity index (χ0) is 7.82. The molecule has 0 saturated heterocycles. The van der Waals surface area contributed by atoms with Crippen molar-refractivity contribution >= 4 is 0 Å². The van der Waals surface area contributed by atoms with Gasteiger partial charge in [0.1, 0.15) is 0 Å². The minimum Gasteiger partial charge on any atom is -0.397 e. The van der Waals surface area contributed by atoms with E-state index in [1.165, 1.54) is 19.3 Å². The Hall–Kier alpha value is -0.0800. The normalized spacial score (nSPS) is 19.5. The number of rotatable bonds is 0. The summed E-state index contributed by atoms with van der Waals surface area (Å²) in [5.74, 6) is 0. The highest BCUT2D eigenvalue weighted by Crippen LogP contribution is 2.16. The fourth-order valence-electron chi connectivity index (χ4n) is 1.08. The van der Waals surface area contributed by atoms with E-state index in [4.69, 9.17) is 10.2 Å². The third-order valence-corrected chi connectivity index (χ3v) is 1.57. The molecular weight excluding hydrogens is 128 g/mol. The van der Waals surface area contributed by atoms with Crippen molar-refractivity contribution < 1.29 is 10.2 Å². The van der Waals surface area contributed by atoms with Gasteiger partial charge in [-0.05, 0) is 19.8 Å². The molecule has 1 saturated carbocycles. The molecule has 1 rings (SSSR count). The Morgan fingerprint density at radius 3 is 1.80 bits per heavy atom. The minimum absolute atomic E-state index is 0.0359. The summed E-state index contributed by atoms with van der Waals surface area (Å²) < 4.78 is 0. The maximum atomic E-state index is 8.91. The van der Waals surface area contributed by atoms with Gasteiger partial charge in [0.2, 0.25) is 0 Å². The van der Waals surface area contributed by atoms with Gasteiger partial charge in [0.15, 0.2) is 0 Å². The van der Waals surface area contributed by atoms with Crippen LogP contribution in [0.25, 0.3) is 0 Å². The predicted octanol–water partition coefficient (Wildman–Crippen LogP) is 1.31. The van der Waals surface area contributed by atoms with Crippen LogP contribution in [0.4, 0.5) is 0 Å². The molecule has 0 aromatic carbocycles.